The zero-order valence-electron chi connectivity index (χ0n) is 12.3. The third kappa shape index (κ3) is 1.84. The minimum absolute atomic E-state index is 0.183. The van der Waals surface area contributed by atoms with Gasteiger partial charge in [-0.05, 0) is 49.9 Å². The minimum Gasteiger partial charge on any atom is -0.481 e. The van der Waals surface area contributed by atoms with Crippen LogP contribution in [0.3, 0.4) is 0 Å². The van der Waals surface area contributed by atoms with Gasteiger partial charge in [-0.1, -0.05) is 13.8 Å². The molecule has 20 heavy (non-hydrogen) atoms. The summed E-state index contributed by atoms with van der Waals surface area (Å²) in [4.78, 5) is 12.1. The number of aliphatic carboxylic acids is 1. The second-order valence-electron chi connectivity index (χ2n) is 7.99. The van der Waals surface area contributed by atoms with E-state index in [1.165, 1.54) is 0 Å². The molecular weight excluding hydrogens is 256 g/mol. The fourth-order valence-corrected chi connectivity index (χ4v) is 4.85. The van der Waals surface area contributed by atoms with Crippen LogP contribution in [-0.2, 0) is 14.3 Å². The van der Waals surface area contributed by atoms with Gasteiger partial charge in [-0.15, -0.1) is 0 Å². The zero-order chi connectivity index (χ0) is 14.1. The number of epoxide rings is 2. The molecule has 112 valence electrons. The van der Waals surface area contributed by atoms with Crippen LogP contribution in [-0.4, -0.2) is 35.5 Å². The summed E-state index contributed by atoms with van der Waals surface area (Å²) in [6, 6.07) is 0. The molecule has 4 aliphatic rings. The quantitative estimate of drug-likeness (QED) is 0.807. The normalized spacial score (nSPS) is 51.8. The SMILES string of the molecule is CC1(C)CC2OC2CC1(CC1CCC2OC2C1)C(=O)O. The Morgan fingerprint density at radius 2 is 1.80 bits per heavy atom. The molecule has 2 aliphatic carbocycles. The molecule has 2 saturated carbocycles. The highest BCUT2D eigenvalue weighted by Gasteiger charge is 2.63. The van der Waals surface area contributed by atoms with Crippen molar-refractivity contribution < 1.29 is 19.4 Å². The first kappa shape index (κ1) is 13.1. The Hall–Kier alpha value is -0.610. The molecule has 4 fully saturated rings. The molecule has 0 aromatic rings. The second-order valence-corrected chi connectivity index (χ2v) is 7.99. The Morgan fingerprint density at radius 1 is 1.10 bits per heavy atom. The summed E-state index contributed by atoms with van der Waals surface area (Å²) in [6.45, 7) is 4.25. The van der Waals surface area contributed by atoms with E-state index >= 15 is 0 Å². The first-order chi connectivity index (χ1) is 9.41. The number of ether oxygens (including phenoxy) is 2. The lowest BCUT2D eigenvalue weighted by molar-refractivity contribution is -0.162. The van der Waals surface area contributed by atoms with Crippen LogP contribution in [0.2, 0.25) is 0 Å². The zero-order valence-corrected chi connectivity index (χ0v) is 12.3. The van der Waals surface area contributed by atoms with E-state index < -0.39 is 11.4 Å². The Bertz CT molecular complexity index is 446. The van der Waals surface area contributed by atoms with Crippen molar-refractivity contribution in [2.45, 2.75) is 76.8 Å². The Morgan fingerprint density at radius 3 is 2.50 bits per heavy atom. The fourth-order valence-electron chi connectivity index (χ4n) is 4.85. The van der Waals surface area contributed by atoms with Crippen molar-refractivity contribution in [1.82, 2.24) is 0 Å². The fraction of sp³-hybridized carbons (Fsp3) is 0.938. The third-order valence-electron chi connectivity index (χ3n) is 6.40. The molecule has 2 saturated heterocycles. The molecule has 2 aliphatic heterocycles. The van der Waals surface area contributed by atoms with E-state index in [2.05, 4.69) is 13.8 Å². The number of hydrogen-bond acceptors (Lipinski definition) is 3. The highest BCUT2D eigenvalue weighted by atomic mass is 16.6. The maximum atomic E-state index is 12.1. The Balaban J connectivity index is 1.57. The summed E-state index contributed by atoms with van der Waals surface area (Å²) in [5.41, 5.74) is -0.797. The molecule has 0 radical (unpaired) electrons. The highest BCUT2D eigenvalue weighted by Crippen LogP contribution is 2.60. The van der Waals surface area contributed by atoms with Gasteiger partial charge in [0.1, 0.15) is 0 Å². The van der Waals surface area contributed by atoms with E-state index in [4.69, 9.17) is 9.47 Å². The molecule has 6 atom stereocenters. The number of carboxylic acids is 1. The third-order valence-corrected chi connectivity index (χ3v) is 6.40. The van der Waals surface area contributed by atoms with Crippen LogP contribution in [0.4, 0.5) is 0 Å². The van der Waals surface area contributed by atoms with Crippen molar-refractivity contribution in [3.8, 4) is 0 Å². The number of carbonyl (C=O) groups is 1. The van der Waals surface area contributed by atoms with Gasteiger partial charge >= 0.3 is 5.97 Å². The van der Waals surface area contributed by atoms with Crippen LogP contribution in [0, 0.1) is 16.7 Å². The minimum atomic E-state index is -0.615. The maximum Gasteiger partial charge on any atom is 0.310 e. The molecule has 0 spiro atoms. The molecule has 2 heterocycles. The molecule has 0 aromatic heterocycles. The van der Waals surface area contributed by atoms with Crippen LogP contribution < -0.4 is 0 Å². The van der Waals surface area contributed by atoms with Crippen LogP contribution in [0.5, 0.6) is 0 Å². The van der Waals surface area contributed by atoms with E-state index in [0.29, 0.717) is 30.7 Å². The van der Waals surface area contributed by atoms with Gasteiger partial charge in [-0.3, -0.25) is 4.79 Å². The first-order valence-corrected chi connectivity index (χ1v) is 7.96. The summed E-state index contributed by atoms with van der Waals surface area (Å²) in [5, 5.41) is 9.98. The molecular formula is C16H24O4. The highest BCUT2D eigenvalue weighted by molar-refractivity contribution is 5.76. The van der Waals surface area contributed by atoms with Crippen LogP contribution >= 0.6 is 0 Å². The molecule has 0 aromatic carbocycles. The van der Waals surface area contributed by atoms with Gasteiger partial charge in [0.15, 0.2) is 0 Å². The van der Waals surface area contributed by atoms with E-state index in [1.807, 2.05) is 0 Å². The number of rotatable bonds is 3. The maximum absolute atomic E-state index is 12.1. The largest absolute Gasteiger partial charge is 0.481 e. The molecule has 4 rings (SSSR count). The van der Waals surface area contributed by atoms with Crippen LogP contribution in [0.15, 0.2) is 0 Å². The monoisotopic (exact) mass is 280 g/mol. The molecule has 6 unspecified atom stereocenters. The van der Waals surface area contributed by atoms with E-state index in [-0.39, 0.29) is 11.5 Å². The number of carboxylic acid groups (broad SMARTS) is 1. The number of hydrogen-bond donors (Lipinski definition) is 1. The molecule has 1 N–H and O–H groups in total. The number of fused-ring (bicyclic) bond motifs is 2. The molecule has 4 nitrogen and oxygen atoms in total. The van der Waals surface area contributed by atoms with Crippen LogP contribution in [0.1, 0.15) is 52.4 Å². The van der Waals surface area contributed by atoms with Crippen molar-refractivity contribution in [3.05, 3.63) is 0 Å². The second kappa shape index (κ2) is 3.98. The van der Waals surface area contributed by atoms with Crippen LogP contribution in [0.25, 0.3) is 0 Å². The molecule has 0 amide bonds. The van der Waals surface area contributed by atoms with Crippen molar-refractivity contribution in [3.63, 3.8) is 0 Å². The van der Waals surface area contributed by atoms with Gasteiger partial charge in [-0.25, -0.2) is 0 Å². The lowest BCUT2D eigenvalue weighted by atomic mass is 9.54. The van der Waals surface area contributed by atoms with Gasteiger partial charge in [0.05, 0.1) is 29.8 Å². The lowest BCUT2D eigenvalue weighted by Gasteiger charge is -2.47. The van der Waals surface area contributed by atoms with Gasteiger partial charge in [0.2, 0.25) is 0 Å². The van der Waals surface area contributed by atoms with Crippen molar-refractivity contribution >= 4 is 5.97 Å². The van der Waals surface area contributed by atoms with E-state index in [9.17, 15) is 9.90 Å². The van der Waals surface area contributed by atoms with E-state index in [1.54, 1.807) is 0 Å². The molecule has 4 heteroatoms. The van der Waals surface area contributed by atoms with E-state index in [0.717, 1.165) is 32.1 Å². The van der Waals surface area contributed by atoms with Crippen molar-refractivity contribution in [2.24, 2.45) is 16.7 Å². The van der Waals surface area contributed by atoms with Gasteiger partial charge in [0, 0.05) is 0 Å². The van der Waals surface area contributed by atoms with Crippen molar-refractivity contribution in [1.29, 1.82) is 0 Å². The molecule has 0 bridgehead atoms. The predicted octanol–water partition coefficient (Wildman–Crippen LogP) is 2.60. The average molecular weight is 280 g/mol. The average Bonchev–Trinajstić information content (AvgIpc) is 3.23. The predicted molar refractivity (Wildman–Crippen MR) is 72.4 cm³/mol. The lowest BCUT2D eigenvalue weighted by Crippen LogP contribution is -2.50. The summed E-state index contributed by atoms with van der Waals surface area (Å²) < 4.78 is 11.2. The van der Waals surface area contributed by atoms with Gasteiger partial charge < -0.3 is 14.6 Å². The standard InChI is InChI=1S/C16H24O4/c1-15(2)7-12-13(20-12)8-16(15,14(17)18)6-9-3-4-10-11(5-9)19-10/h9-13H,3-8H2,1-2H3,(H,17,18). The summed E-state index contributed by atoms with van der Waals surface area (Å²) in [5.74, 6) is -0.111. The topological polar surface area (TPSA) is 62.4 Å². The Labute approximate surface area is 119 Å². The van der Waals surface area contributed by atoms with Gasteiger partial charge in [-0.2, -0.15) is 0 Å². The summed E-state index contributed by atoms with van der Waals surface area (Å²) in [7, 11) is 0. The smallest absolute Gasteiger partial charge is 0.310 e. The first-order valence-electron chi connectivity index (χ1n) is 7.96. The van der Waals surface area contributed by atoms with Gasteiger partial charge in [0.25, 0.3) is 0 Å². The van der Waals surface area contributed by atoms with Crippen molar-refractivity contribution in [2.75, 3.05) is 0 Å². The Kier molecular flexibility index (Phi) is 2.60. The summed E-state index contributed by atoms with van der Waals surface area (Å²) in [6.07, 6.45) is 7.13. The summed E-state index contributed by atoms with van der Waals surface area (Å²) >= 11 is 0.